The summed E-state index contributed by atoms with van der Waals surface area (Å²) in [6, 6.07) is 0.271. The van der Waals surface area contributed by atoms with Crippen molar-refractivity contribution in [2.75, 3.05) is 33.4 Å². The number of carbonyl (C=O) groups excluding carboxylic acids is 1. The molecule has 0 radical (unpaired) electrons. The number of rotatable bonds is 5. The van der Waals surface area contributed by atoms with Gasteiger partial charge in [-0.25, -0.2) is 0 Å². The lowest BCUT2D eigenvalue weighted by atomic mass is 10.0. The molecule has 1 heterocycles. The molecule has 1 saturated heterocycles. The number of carbonyl (C=O) groups is 1. The van der Waals surface area contributed by atoms with Crippen molar-refractivity contribution in [3.63, 3.8) is 0 Å². The van der Waals surface area contributed by atoms with Crippen molar-refractivity contribution in [1.82, 2.24) is 10.2 Å². The Hall–Kier alpha value is -0.610. The third-order valence-corrected chi connectivity index (χ3v) is 3.13. The first-order valence-electron chi connectivity index (χ1n) is 6.15. The fraction of sp³-hybridized carbons (Fsp3) is 0.917. The van der Waals surface area contributed by atoms with Crippen molar-refractivity contribution in [3.05, 3.63) is 0 Å². The molecule has 16 heavy (non-hydrogen) atoms. The first kappa shape index (κ1) is 13.5. The van der Waals surface area contributed by atoms with Gasteiger partial charge >= 0.3 is 0 Å². The van der Waals surface area contributed by atoms with Crippen molar-refractivity contribution in [3.8, 4) is 0 Å². The van der Waals surface area contributed by atoms with E-state index in [0.29, 0.717) is 12.5 Å². The van der Waals surface area contributed by atoms with Crippen LogP contribution in [0.25, 0.3) is 0 Å². The average molecular weight is 228 g/mol. The van der Waals surface area contributed by atoms with Gasteiger partial charge in [-0.3, -0.25) is 4.79 Å². The van der Waals surface area contributed by atoms with Gasteiger partial charge < -0.3 is 15.0 Å². The number of nitrogens with one attached hydrogen (secondary N) is 1. The Morgan fingerprint density at radius 2 is 2.31 bits per heavy atom. The zero-order valence-corrected chi connectivity index (χ0v) is 10.7. The van der Waals surface area contributed by atoms with Crippen molar-refractivity contribution in [1.29, 1.82) is 0 Å². The molecule has 1 amide bonds. The maximum absolute atomic E-state index is 11.7. The SMILES string of the molecule is CC(C)N(C)C(=O)CNCC1CCCOC1. The molecule has 0 saturated carbocycles. The second-order valence-electron chi connectivity index (χ2n) is 4.81. The first-order valence-corrected chi connectivity index (χ1v) is 6.15. The van der Waals surface area contributed by atoms with E-state index in [1.807, 2.05) is 20.9 Å². The van der Waals surface area contributed by atoms with Crippen LogP contribution < -0.4 is 5.32 Å². The molecule has 4 nitrogen and oxygen atoms in total. The highest BCUT2D eigenvalue weighted by atomic mass is 16.5. The van der Waals surface area contributed by atoms with Gasteiger partial charge in [0.15, 0.2) is 0 Å². The molecule has 1 rings (SSSR count). The third-order valence-electron chi connectivity index (χ3n) is 3.13. The van der Waals surface area contributed by atoms with E-state index in [4.69, 9.17) is 4.74 Å². The van der Waals surface area contributed by atoms with E-state index in [-0.39, 0.29) is 11.9 Å². The summed E-state index contributed by atoms with van der Waals surface area (Å²) in [4.78, 5) is 13.4. The lowest BCUT2D eigenvalue weighted by Gasteiger charge is -2.24. The second-order valence-corrected chi connectivity index (χ2v) is 4.81. The maximum Gasteiger partial charge on any atom is 0.236 e. The summed E-state index contributed by atoms with van der Waals surface area (Å²) in [5, 5.41) is 3.22. The standard InChI is InChI=1S/C12H24N2O2/c1-10(2)14(3)12(15)8-13-7-11-5-4-6-16-9-11/h10-11,13H,4-9H2,1-3H3. The molecule has 0 spiro atoms. The molecule has 0 aliphatic carbocycles. The molecular formula is C12H24N2O2. The Morgan fingerprint density at radius 1 is 1.56 bits per heavy atom. The van der Waals surface area contributed by atoms with Gasteiger partial charge in [0.2, 0.25) is 5.91 Å². The highest BCUT2D eigenvalue weighted by molar-refractivity contribution is 5.78. The zero-order valence-electron chi connectivity index (χ0n) is 10.7. The summed E-state index contributed by atoms with van der Waals surface area (Å²) >= 11 is 0. The predicted molar refractivity (Wildman–Crippen MR) is 64.3 cm³/mol. The number of hydrogen-bond donors (Lipinski definition) is 1. The van der Waals surface area contributed by atoms with Gasteiger partial charge in [0.1, 0.15) is 0 Å². The quantitative estimate of drug-likeness (QED) is 0.759. The summed E-state index contributed by atoms with van der Waals surface area (Å²) in [5.41, 5.74) is 0. The normalized spacial score (nSPS) is 21.1. The number of hydrogen-bond acceptors (Lipinski definition) is 3. The van der Waals surface area contributed by atoms with Crippen LogP contribution in [0.15, 0.2) is 0 Å². The van der Waals surface area contributed by atoms with E-state index >= 15 is 0 Å². The number of likely N-dealkylation sites (N-methyl/N-ethyl adjacent to an activating group) is 1. The van der Waals surface area contributed by atoms with Crippen LogP contribution in [0.2, 0.25) is 0 Å². The fourth-order valence-corrected chi connectivity index (χ4v) is 1.76. The molecule has 1 aliphatic rings. The Kier molecular flexibility index (Phi) is 5.77. The summed E-state index contributed by atoms with van der Waals surface area (Å²) < 4.78 is 5.39. The van der Waals surface area contributed by atoms with E-state index in [1.54, 1.807) is 4.90 Å². The van der Waals surface area contributed by atoms with Crippen molar-refractivity contribution in [2.45, 2.75) is 32.7 Å². The molecule has 1 fully saturated rings. The van der Waals surface area contributed by atoms with Crippen LogP contribution in [-0.2, 0) is 9.53 Å². The monoisotopic (exact) mass is 228 g/mol. The van der Waals surface area contributed by atoms with Crippen LogP contribution in [0.3, 0.4) is 0 Å². The lowest BCUT2D eigenvalue weighted by molar-refractivity contribution is -0.130. The molecule has 94 valence electrons. The average Bonchev–Trinajstić information content (AvgIpc) is 2.29. The Bertz CT molecular complexity index is 213. The highest BCUT2D eigenvalue weighted by Crippen LogP contribution is 2.11. The zero-order chi connectivity index (χ0) is 12.0. The molecule has 1 aliphatic heterocycles. The topological polar surface area (TPSA) is 41.6 Å². The molecule has 4 heteroatoms. The van der Waals surface area contributed by atoms with Crippen LogP contribution in [0.4, 0.5) is 0 Å². The minimum Gasteiger partial charge on any atom is -0.381 e. The Labute approximate surface area is 98.3 Å². The van der Waals surface area contributed by atoms with E-state index < -0.39 is 0 Å². The van der Waals surface area contributed by atoms with Crippen molar-refractivity contribution in [2.24, 2.45) is 5.92 Å². The van der Waals surface area contributed by atoms with Gasteiger partial charge in [-0.15, -0.1) is 0 Å². The molecule has 0 aromatic heterocycles. The lowest BCUT2D eigenvalue weighted by Crippen LogP contribution is -2.41. The van der Waals surface area contributed by atoms with Crippen LogP contribution in [0.1, 0.15) is 26.7 Å². The molecule has 0 aromatic rings. The fourth-order valence-electron chi connectivity index (χ4n) is 1.76. The maximum atomic E-state index is 11.7. The number of ether oxygens (including phenoxy) is 1. The number of amides is 1. The van der Waals surface area contributed by atoms with E-state index in [9.17, 15) is 4.79 Å². The van der Waals surface area contributed by atoms with Crippen molar-refractivity contribution >= 4 is 5.91 Å². The second kappa shape index (κ2) is 6.86. The molecule has 1 unspecified atom stereocenters. The largest absolute Gasteiger partial charge is 0.381 e. The molecule has 0 aromatic carbocycles. The molecule has 0 bridgehead atoms. The highest BCUT2D eigenvalue weighted by Gasteiger charge is 2.15. The van der Waals surface area contributed by atoms with E-state index in [1.165, 1.54) is 6.42 Å². The van der Waals surface area contributed by atoms with Gasteiger partial charge in [-0.1, -0.05) is 0 Å². The van der Waals surface area contributed by atoms with Crippen LogP contribution in [0, 0.1) is 5.92 Å². The Morgan fingerprint density at radius 3 is 2.88 bits per heavy atom. The predicted octanol–water partition coefficient (Wildman–Crippen LogP) is 0.869. The van der Waals surface area contributed by atoms with Gasteiger partial charge in [-0.2, -0.15) is 0 Å². The van der Waals surface area contributed by atoms with Crippen LogP contribution in [0.5, 0.6) is 0 Å². The molecular weight excluding hydrogens is 204 g/mol. The third kappa shape index (κ3) is 4.49. The first-order chi connectivity index (χ1) is 7.61. The molecule has 1 N–H and O–H groups in total. The van der Waals surface area contributed by atoms with Crippen LogP contribution >= 0.6 is 0 Å². The van der Waals surface area contributed by atoms with E-state index in [2.05, 4.69) is 5.32 Å². The summed E-state index contributed by atoms with van der Waals surface area (Å²) in [6.07, 6.45) is 2.35. The number of nitrogens with zero attached hydrogens (tertiary/aromatic N) is 1. The van der Waals surface area contributed by atoms with Crippen molar-refractivity contribution < 1.29 is 9.53 Å². The Balaban J connectivity index is 2.12. The van der Waals surface area contributed by atoms with E-state index in [0.717, 1.165) is 26.2 Å². The minimum atomic E-state index is 0.159. The minimum absolute atomic E-state index is 0.159. The summed E-state index contributed by atoms with van der Waals surface area (Å²) in [5.74, 6) is 0.734. The van der Waals surface area contributed by atoms with Crippen LogP contribution in [-0.4, -0.2) is 50.2 Å². The van der Waals surface area contributed by atoms with Gasteiger partial charge in [0.25, 0.3) is 0 Å². The summed E-state index contributed by atoms with van der Waals surface area (Å²) in [6.45, 7) is 7.09. The van der Waals surface area contributed by atoms with Gasteiger partial charge in [0.05, 0.1) is 13.2 Å². The summed E-state index contributed by atoms with van der Waals surface area (Å²) in [7, 11) is 1.85. The molecule has 1 atom stereocenters. The smallest absolute Gasteiger partial charge is 0.236 e. The van der Waals surface area contributed by atoms with Gasteiger partial charge in [0, 0.05) is 26.2 Å². The van der Waals surface area contributed by atoms with Gasteiger partial charge in [-0.05, 0) is 32.6 Å².